The first-order valence-corrected chi connectivity index (χ1v) is 5.11. The standard InChI is InChI=1S/C11H13NO3/c1-7-5-12-11(15-7)8-2-3-9-10(4-8)14-6-13-9/h2-4,7,11-12H,5-6H2,1H3. The molecule has 4 nitrogen and oxygen atoms in total. The third-order valence-electron chi connectivity index (χ3n) is 2.66. The summed E-state index contributed by atoms with van der Waals surface area (Å²) in [5.41, 5.74) is 1.09. The van der Waals surface area contributed by atoms with Crippen LogP contribution in [0, 0.1) is 0 Å². The number of benzene rings is 1. The molecule has 0 aliphatic carbocycles. The molecule has 4 heteroatoms. The van der Waals surface area contributed by atoms with E-state index in [1.165, 1.54) is 0 Å². The van der Waals surface area contributed by atoms with E-state index in [1.54, 1.807) is 0 Å². The number of rotatable bonds is 1. The van der Waals surface area contributed by atoms with Gasteiger partial charge in [0.25, 0.3) is 0 Å². The fraction of sp³-hybridized carbons (Fsp3) is 0.455. The lowest BCUT2D eigenvalue weighted by molar-refractivity contribution is 0.0509. The minimum absolute atomic E-state index is 0.0190. The van der Waals surface area contributed by atoms with Crippen LogP contribution in [0.3, 0.4) is 0 Å². The largest absolute Gasteiger partial charge is 0.454 e. The molecular formula is C11H13NO3. The molecular weight excluding hydrogens is 194 g/mol. The SMILES string of the molecule is CC1CNC(c2ccc3c(c2)OCO3)O1. The Hall–Kier alpha value is -1.26. The topological polar surface area (TPSA) is 39.7 Å². The van der Waals surface area contributed by atoms with Crippen molar-refractivity contribution in [3.05, 3.63) is 23.8 Å². The second-order valence-electron chi connectivity index (χ2n) is 3.85. The van der Waals surface area contributed by atoms with E-state index in [2.05, 4.69) is 12.2 Å². The minimum atomic E-state index is -0.0190. The highest BCUT2D eigenvalue weighted by molar-refractivity contribution is 5.45. The van der Waals surface area contributed by atoms with Crippen LogP contribution in [0.25, 0.3) is 0 Å². The lowest BCUT2D eigenvalue weighted by Crippen LogP contribution is -2.14. The van der Waals surface area contributed by atoms with Crippen molar-refractivity contribution in [1.29, 1.82) is 0 Å². The van der Waals surface area contributed by atoms with E-state index >= 15 is 0 Å². The zero-order valence-electron chi connectivity index (χ0n) is 8.53. The molecule has 1 N–H and O–H groups in total. The third kappa shape index (κ3) is 1.56. The van der Waals surface area contributed by atoms with E-state index in [0.717, 1.165) is 23.6 Å². The Kier molecular flexibility index (Phi) is 2.04. The highest BCUT2D eigenvalue weighted by Crippen LogP contribution is 2.35. The van der Waals surface area contributed by atoms with Crippen molar-refractivity contribution < 1.29 is 14.2 Å². The van der Waals surface area contributed by atoms with Crippen molar-refractivity contribution in [2.45, 2.75) is 19.3 Å². The first kappa shape index (κ1) is 9.00. The predicted octanol–water partition coefficient (Wildman–Crippen LogP) is 1.42. The first-order chi connectivity index (χ1) is 7.33. The van der Waals surface area contributed by atoms with Gasteiger partial charge in [0.2, 0.25) is 6.79 Å². The second kappa shape index (κ2) is 3.40. The predicted molar refractivity (Wildman–Crippen MR) is 53.9 cm³/mol. The van der Waals surface area contributed by atoms with Crippen LogP contribution in [-0.4, -0.2) is 19.4 Å². The van der Waals surface area contributed by atoms with Crippen molar-refractivity contribution in [2.75, 3.05) is 13.3 Å². The van der Waals surface area contributed by atoms with Crippen molar-refractivity contribution in [1.82, 2.24) is 5.32 Å². The maximum atomic E-state index is 5.70. The average molecular weight is 207 g/mol. The van der Waals surface area contributed by atoms with E-state index in [-0.39, 0.29) is 12.3 Å². The summed E-state index contributed by atoms with van der Waals surface area (Å²) in [6, 6.07) is 5.90. The highest BCUT2D eigenvalue weighted by Gasteiger charge is 2.24. The molecule has 0 spiro atoms. The number of ether oxygens (including phenoxy) is 3. The van der Waals surface area contributed by atoms with Crippen LogP contribution in [-0.2, 0) is 4.74 Å². The molecule has 1 fully saturated rings. The Balaban J connectivity index is 1.87. The Labute approximate surface area is 88.1 Å². The van der Waals surface area contributed by atoms with Gasteiger partial charge >= 0.3 is 0 Å². The van der Waals surface area contributed by atoms with Crippen LogP contribution in [0.1, 0.15) is 18.7 Å². The maximum absolute atomic E-state index is 5.70. The van der Waals surface area contributed by atoms with Crippen LogP contribution in [0.2, 0.25) is 0 Å². The van der Waals surface area contributed by atoms with E-state index in [0.29, 0.717) is 6.79 Å². The maximum Gasteiger partial charge on any atom is 0.231 e. The summed E-state index contributed by atoms with van der Waals surface area (Å²) >= 11 is 0. The first-order valence-electron chi connectivity index (χ1n) is 5.11. The Morgan fingerprint density at radius 3 is 2.93 bits per heavy atom. The van der Waals surface area contributed by atoms with Crippen LogP contribution >= 0.6 is 0 Å². The van der Waals surface area contributed by atoms with Crippen LogP contribution in [0.4, 0.5) is 0 Å². The van der Waals surface area contributed by atoms with Crippen LogP contribution < -0.4 is 14.8 Å². The molecule has 2 atom stereocenters. The van der Waals surface area contributed by atoms with Crippen molar-refractivity contribution in [2.24, 2.45) is 0 Å². The lowest BCUT2D eigenvalue weighted by Gasteiger charge is -2.11. The van der Waals surface area contributed by atoms with E-state index < -0.39 is 0 Å². The van der Waals surface area contributed by atoms with Crippen molar-refractivity contribution in [3.8, 4) is 11.5 Å². The summed E-state index contributed by atoms with van der Waals surface area (Å²) in [7, 11) is 0. The van der Waals surface area contributed by atoms with Gasteiger partial charge in [-0.1, -0.05) is 6.07 Å². The molecule has 2 unspecified atom stereocenters. The second-order valence-corrected chi connectivity index (χ2v) is 3.85. The fourth-order valence-corrected chi connectivity index (χ4v) is 1.87. The van der Waals surface area contributed by atoms with Gasteiger partial charge in [-0.05, 0) is 24.6 Å². The molecule has 15 heavy (non-hydrogen) atoms. The summed E-state index contributed by atoms with van der Waals surface area (Å²) in [6.45, 7) is 3.26. The van der Waals surface area contributed by atoms with E-state index in [4.69, 9.17) is 14.2 Å². The van der Waals surface area contributed by atoms with Gasteiger partial charge in [0.05, 0.1) is 6.10 Å². The summed E-state index contributed by atoms with van der Waals surface area (Å²) < 4.78 is 16.3. The zero-order valence-corrected chi connectivity index (χ0v) is 8.53. The molecule has 0 bridgehead atoms. The minimum Gasteiger partial charge on any atom is -0.454 e. The van der Waals surface area contributed by atoms with Gasteiger partial charge in [0.15, 0.2) is 11.5 Å². The molecule has 0 amide bonds. The van der Waals surface area contributed by atoms with Gasteiger partial charge in [0, 0.05) is 6.54 Å². The molecule has 80 valence electrons. The van der Waals surface area contributed by atoms with Crippen LogP contribution in [0.15, 0.2) is 18.2 Å². The number of hydrogen-bond acceptors (Lipinski definition) is 4. The molecule has 2 heterocycles. The Morgan fingerprint density at radius 1 is 1.27 bits per heavy atom. The van der Waals surface area contributed by atoms with Gasteiger partial charge in [0.1, 0.15) is 6.23 Å². The molecule has 0 radical (unpaired) electrons. The van der Waals surface area contributed by atoms with Crippen LogP contribution in [0.5, 0.6) is 11.5 Å². The number of nitrogens with one attached hydrogen (secondary N) is 1. The molecule has 3 rings (SSSR count). The van der Waals surface area contributed by atoms with Gasteiger partial charge < -0.3 is 14.2 Å². The summed E-state index contributed by atoms with van der Waals surface area (Å²) in [5, 5.41) is 3.30. The monoisotopic (exact) mass is 207 g/mol. The molecule has 2 aliphatic rings. The fourth-order valence-electron chi connectivity index (χ4n) is 1.87. The Morgan fingerprint density at radius 2 is 2.13 bits per heavy atom. The highest BCUT2D eigenvalue weighted by atomic mass is 16.7. The molecule has 2 aliphatic heterocycles. The zero-order chi connectivity index (χ0) is 10.3. The molecule has 1 saturated heterocycles. The number of fused-ring (bicyclic) bond motifs is 1. The van der Waals surface area contributed by atoms with Gasteiger partial charge in [-0.3, -0.25) is 5.32 Å². The lowest BCUT2D eigenvalue weighted by atomic mass is 10.2. The van der Waals surface area contributed by atoms with Gasteiger partial charge in [-0.25, -0.2) is 0 Å². The molecule has 0 saturated carbocycles. The quantitative estimate of drug-likeness (QED) is 0.756. The average Bonchev–Trinajstić information content (AvgIpc) is 2.84. The van der Waals surface area contributed by atoms with E-state index in [9.17, 15) is 0 Å². The van der Waals surface area contributed by atoms with E-state index in [1.807, 2.05) is 18.2 Å². The summed E-state index contributed by atoms with van der Waals surface area (Å²) in [6.07, 6.45) is 0.245. The van der Waals surface area contributed by atoms with Gasteiger partial charge in [-0.15, -0.1) is 0 Å². The molecule has 0 aromatic heterocycles. The van der Waals surface area contributed by atoms with Crippen molar-refractivity contribution >= 4 is 0 Å². The third-order valence-corrected chi connectivity index (χ3v) is 2.66. The molecule has 1 aromatic carbocycles. The van der Waals surface area contributed by atoms with Gasteiger partial charge in [-0.2, -0.15) is 0 Å². The summed E-state index contributed by atoms with van der Waals surface area (Å²) in [4.78, 5) is 0. The number of hydrogen-bond donors (Lipinski definition) is 1. The van der Waals surface area contributed by atoms with Crippen molar-refractivity contribution in [3.63, 3.8) is 0 Å². The smallest absolute Gasteiger partial charge is 0.231 e. The normalized spacial score (nSPS) is 28.3. The Bertz CT molecular complexity index is 380. The summed E-state index contributed by atoms with van der Waals surface area (Å²) in [5.74, 6) is 1.61. The molecule has 1 aromatic rings.